The fraction of sp³-hybridized carbons (Fsp3) is 0.679. The molecule has 6 aliphatic rings. The van der Waals surface area contributed by atoms with E-state index in [9.17, 15) is 86.5 Å². The Hall–Kier alpha value is -4.09. The van der Waals surface area contributed by atoms with Crippen molar-refractivity contribution in [3.8, 4) is 0 Å². The van der Waals surface area contributed by atoms with Crippen LogP contribution in [0.4, 0.5) is 0 Å². The number of nitrogens with two attached hydrogens (primary N) is 6. The van der Waals surface area contributed by atoms with Crippen LogP contribution in [-0.2, 0) is 47.4 Å². The van der Waals surface area contributed by atoms with Gasteiger partial charge in [0, 0.05) is 16.7 Å². The highest BCUT2D eigenvalue weighted by molar-refractivity contribution is 6.22. The molecule has 6 heterocycles. The Balaban J connectivity index is 1.12. The lowest BCUT2D eigenvalue weighted by Gasteiger charge is -2.51. The van der Waals surface area contributed by atoms with Crippen molar-refractivity contribution in [1.82, 2.24) is 0 Å². The van der Waals surface area contributed by atoms with Crippen LogP contribution in [0.15, 0.2) is 54.6 Å². The summed E-state index contributed by atoms with van der Waals surface area (Å²) < 4.78 is 57.7. The Kier molecular flexibility index (Phi) is 22.9. The summed E-state index contributed by atoms with van der Waals surface area (Å²) in [6.07, 6.45) is -39.9. The van der Waals surface area contributed by atoms with Crippen molar-refractivity contribution in [1.29, 1.82) is 0 Å². The van der Waals surface area contributed by atoms with Gasteiger partial charge in [0.15, 0.2) is 54.7 Å². The SMILES string of the molecule is N[C@H]1[C@@H](OC2[C@@H](CO)O[C@@H](OC3[C@@H](CO)O[C@@H](O)[C@H](N)[C@H]3O)[C@H](N)[C@H]2O)O[C@@](CO)(C(=O)c2cccc(C(=O)/C=C/c3ccccc3)c2C(=O)[C@]2(CO)O[C@H](OC3[C@@H](CO)O[C@@H](OC4[C@@H](CO)O[C@@H](O)[C@H](N)[C@H]4O)[C@H](N)[C@H]3O)[C@H](N)[C@@H](O)[C@@H]2O)[C@@H](O)[C@@H]1O. The van der Waals surface area contributed by atoms with Gasteiger partial charge in [0.05, 0.1) is 75.9 Å². The van der Waals surface area contributed by atoms with Crippen molar-refractivity contribution < 1.29 is 143 Å². The average Bonchev–Trinajstić information content (AvgIpc) is 0.808. The average molecular weight is 1260 g/mol. The van der Waals surface area contributed by atoms with E-state index in [0.29, 0.717) is 5.56 Å². The molecule has 4 unspecified atom stereocenters. The normalized spacial score (nSPS) is 45.1. The van der Waals surface area contributed by atoms with Crippen LogP contribution in [0.25, 0.3) is 6.08 Å². The Morgan fingerprint density at radius 1 is 0.432 bits per heavy atom. The molecule has 0 bridgehead atoms. The van der Waals surface area contributed by atoms with Gasteiger partial charge in [0.25, 0.3) is 0 Å². The number of ketones is 3. The zero-order valence-corrected chi connectivity index (χ0v) is 46.6. The van der Waals surface area contributed by atoms with Crippen LogP contribution in [0.5, 0.6) is 0 Å². The molecule has 6 aliphatic heterocycles. The van der Waals surface area contributed by atoms with Gasteiger partial charge in [-0.2, -0.15) is 0 Å². The first-order chi connectivity index (χ1) is 41.7. The van der Waals surface area contributed by atoms with Gasteiger partial charge in [-0.1, -0.05) is 54.6 Å². The molecule has 494 valence electrons. The second kappa shape index (κ2) is 28.8. The van der Waals surface area contributed by atoms with Gasteiger partial charge < -0.3 is 163 Å². The van der Waals surface area contributed by atoms with Crippen LogP contribution in [0.1, 0.15) is 36.6 Å². The van der Waals surface area contributed by atoms with Crippen LogP contribution in [-0.4, -0.2) is 322 Å². The van der Waals surface area contributed by atoms with Gasteiger partial charge >= 0.3 is 0 Å². The first-order valence-corrected chi connectivity index (χ1v) is 27.8. The highest BCUT2D eigenvalue weighted by Gasteiger charge is 2.63. The van der Waals surface area contributed by atoms with Crippen LogP contribution < -0.4 is 34.4 Å². The van der Waals surface area contributed by atoms with Crippen molar-refractivity contribution in [2.45, 2.75) is 183 Å². The summed E-state index contributed by atoms with van der Waals surface area (Å²) in [7, 11) is 0. The standard InChI is InChI=1S/C53H78N6O29/c54-26-32(67)38(21(11-60)79-46(26)77)83-48-28(56)34(69)40(23(13-62)81-48)85-50-30(58)36(71)44(75)52(15-64,87-50)42(73)19-8-4-7-18(20(66)10-9-17-5-2-1-3-6-17)25(19)43(74)53(16-65)45(76)37(72)31(59)51(88-53)86-41-24(14-63)82-49(29(57)35(41)70)84-39-22(12-61)80-47(78)27(55)33(39)68/h1-10,21-24,26-41,44-51,60-65,67-72,75-78H,11-16,54-59H2/b10-9+/t21-,22-,23-,24-,26-,27-,28-,29-,30-,31-,32-,33-,34-,35-,36-,37-,38?,39?,40?,41?,44+,45+,46-,47-,48+,49+,50+,51+,52+,53+/m1/s1. The van der Waals surface area contributed by atoms with Crippen molar-refractivity contribution in [3.05, 3.63) is 76.9 Å². The molecule has 0 radical (unpaired) electrons. The topological polar surface area (TPSA) is 623 Å². The first kappa shape index (κ1) is 69.8. The van der Waals surface area contributed by atoms with E-state index in [4.69, 9.17) is 81.8 Å². The monoisotopic (exact) mass is 1260 g/mol. The predicted molar refractivity (Wildman–Crippen MR) is 287 cm³/mol. The van der Waals surface area contributed by atoms with Crippen LogP contribution in [0.3, 0.4) is 0 Å². The molecule has 28 N–H and O–H groups in total. The molecule has 0 aliphatic carbocycles. The molecule has 6 fully saturated rings. The summed E-state index contributed by atoms with van der Waals surface area (Å²) in [6.45, 7) is -7.05. The smallest absolute Gasteiger partial charge is 0.201 e. The summed E-state index contributed by atoms with van der Waals surface area (Å²) in [6, 6.07) is 0.733. The van der Waals surface area contributed by atoms with Crippen molar-refractivity contribution >= 4 is 23.4 Å². The molecule has 35 heteroatoms. The van der Waals surface area contributed by atoms with Crippen molar-refractivity contribution in [3.63, 3.8) is 0 Å². The number of carbonyl (C=O) groups excluding carboxylic acids is 3. The number of hydrogen-bond donors (Lipinski definition) is 22. The second-order valence-electron chi connectivity index (χ2n) is 22.2. The number of aliphatic hydroxyl groups excluding tert-OH is 16. The second-order valence-corrected chi connectivity index (χ2v) is 22.2. The number of rotatable bonds is 21. The Morgan fingerprint density at radius 3 is 1.18 bits per heavy atom. The third kappa shape index (κ3) is 13.0. The van der Waals surface area contributed by atoms with E-state index in [1.54, 1.807) is 30.3 Å². The highest BCUT2D eigenvalue weighted by atomic mass is 16.8. The summed E-state index contributed by atoms with van der Waals surface area (Å²) in [5, 5.41) is 176. The van der Waals surface area contributed by atoms with Gasteiger partial charge in [-0.05, 0) is 11.6 Å². The number of hydrogen-bond acceptors (Lipinski definition) is 35. The van der Waals surface area contributed by atoms with E-state index < -0.39 is 257 Å². The van der Waals surface area contributed by atoms with Crippen LogP contribution in [0, 0.1) is 0 Å². The molecule has 0 spiro atoms. The fourth-order valence-corrected chi connectivity index (χ4v) is 11.4. The molecule has 0 aromatic heterocycles. The molecule has 88 heavy (non-hydrogen) atoms. The maximum atomic E-state index is 15.7. The molecule has 6 saturated heterocycles. The molecule has 0 saturated carbocycles. The third-order valence-corrected chi connectivity index (χ3v) is 16.7. The van der Waals surface area contributed by atoms with Gasteiger partial charge in [0.1, 0.15) is 97.7 Å². The lowest BCUT2D eigenvalue weighted by atomic mass is 9.75. The molecule has 30 atom stereocenters. The molecule has 8 rings (SSSR count). The number of carbonyl (C=O) groups is 3. The largest absolute Gasteiger partial charge is 0.394 e. The van der Waals surface area contributed by atoms with Crippen LogP contribution in [0.2, 0.25) is 0 Å². The van der Waals surface area contributed by atoms with E-state index in [0.717, 1.165) is 24.3 Å². The molecule has 2 aromatic rings. The Labute approximate surface area is 499 Å². The fourth-order valence-electron chi connectivity index (χ4n) is 11.4. The summed E-state index contributed by atoms with van der Waals surface area (Å²) in [5.41, 5.74) is 28.1. The highest BCUT2D eigenvalue weighted by Crippen LogP contribution is 2.41. The quantitative estimate of drug-likeness (QED) is 0.0408. The van der Waals surface area contributed by atoms with E-state index in [1.165, 1.54) is 6.08 Å². The molecule has 0 amide bonds. The molecule has 2 aromatic carbocycles. The van der Waals surface area contributed by atoms with E-state index >= 15 is 9.59 Å². The van der Waals surface area contributed by atoms with Gasteiger partial charge in [-0.15, -0.1) is 0 Å². The van der Waals surface area contributed by atoms with Crippen LogP contribution >= 0.6 is 0 Å². The third-order valence-electron chi connectivity index (χ3n) is 16.7. The first-order valence-electron chi connectivity index (χ1n) is 27.8. The number of ether oxygens (including phenoxy) is 10. The Morgan fingerprint density at radius 2 is 0.784 bits per heavy atom. The maximum Gasteiger partial charge on any atom is 0.201 e. The van der Waals surface area contributed by atoms with E-state index in [-0.39, 0.29) is 0 Å². The lowest BCUT2D eigenvalue weighted by molar-refractivity contribution is -0.354. The minimum atomic E-state index is -3.30. The van der Waals surface area contributed by atoms with E-state index in [2.05, 4.69) is 0 Å². The van der Waals surface area contributed by atoms with Gasteiger partial charge in [-0.3, -0.25) is 14.4 Å². The molecule has 35 nitrogen and oxygen atoms in total. The van der Waals surface area contributed by atoms with Gasteiger partial charge in [0.2, 0.25) is 11.6 Å². The zero-order valence-electron chi connectivity index (χ0n) is 46.6. The summed E-state index contributed by atoms with van der Waals surface area (Å²) in [5.74, 6) is -4.46. The number of allylic oxidation sites excluding steroid dienone is 1. The predicted octanol–water partition coefficient (Wildman–Crippen LogP) is -12.6. The number of benzene rings is 2. The minimum absolute atomic E-state index is 0.436. The summed E-state index contributed by atoms with van der Waals surface area (Å²) in [4.78, 5) is 45.8. The lowest BCUT2D eigenvalue weighted by Crippen LogP contribution is -2.73. The van der Waals surface area contributed by atoms with Crippen molar-refractivity contribution in [2.24, 2.45) is 34.4 Å². The maximum absolute atomic E-state index is 15.7. The Bertz CT molecular complexity index is 2710. The van der Waals surface area contributed by atoms with Crippen molar-refractivity contribution in [2.75, 3.05) is 39.6 Å². The molecular weight excluding hydrogens is 1180 g/mol. The summed E-state index contributed by atoms with van der Waals surface area (Å²) >= 11 is 0. The minimum Gasteiger partial charge on any atom is -0.394 e. The zero-order chi connectivity index (χ0) is 64.6. The molecular formula is C53H78N6O29. The number of aliphatic hydroxyl groups is 16. The van der Waals surface area contributed by atoms with Gasteiger partial charge in [-0.25, -0.2) is 0 Å². The number of Topliss-reactive ketones (excluding diaryl/α,β-unsaturated/α-hetero) is 2. The van der Waals surface area contributed by atoms with E-state index in [1.807, 2.05) is 0 Å².